The summed E-state index contributed by atoms with van der Waals surface area (Å²) in [6.45, 7) is 7.45. The van der Waals surface area contributed by atoms with E-state index in [1.165, 1.54) is 11.4 Å². The zero-order valence-corrected chi connectivity index (χ0v) is 17.2. The Morgan fingerprint density at radius 1 is 1.11 bits per heavy atom. The number of nitrogens with one attached hydrogen (secondary N) is 1. The standard InChI is InChI=1S/C22H25N5S/c1-15(2)14-26-21(20(25-22(26)28)18-8-4-5-12-24-18)19-10-9-16(3)27(19)17-7-6-11-23-13-17/h4-13,15,20-21H,14H2,1-3H3,(H,25,28). The lowest BCUT2D eigenvalue weighted by molar-refractivity contribution is 0.280. The first-order valence-electron chi connectivity index (χ1n) is 9.63. The van der Waals surface area contributed by atoms with Crippen molar-refractivity contribution in [2.45, 2.75) is 32.9 Å². The molecule has 2 atom stereocenters. The van der Waals surface area contributed by atoms with Crippen LogP contribution in [0.1, 0.15) is 43.0 Å². The van der Waals surface area contributed by atoms with Gasteiger partial charge in [0.15, 0.2) is 5.11 Å². The molecule has 2 unspecified atom stereocenters. The third-order valence-electron chi connectivity index (χ3n) is 5.07. The fourth-order valence-corrected chi connectivity index (χ4v) is 4.26. The molecule has 4 heterocycles. The summed E-state index contributed by atoms with van der Waals surface area (Å²) in [5.41, 5.74) is 4.42. The molecule has 1 aliphatic heterocycles. The van der Waals surface area contributed by atoms with Gasteiger partial charge in [0.1, 0.15) is 0 Å². The summed E-state index contributed by atoms with van der Waals surface area (Å²) >= 11 is 5.75. The van der Waals surface area contributed by atoms with E-state index in [4.69, 9.17) is 12.2 Å². The van der Waals surface area contributed by atoms with E-state index >= 15 is 0 Å². The van der Waals surface area contributed by atoms with Crippen molar-refractivity contribution in [1.82, 2.24) is 24.8 Å². The molecule has 144 valence electrons. The first-order valence-corrected chi connectivity index (χ1v) is 10.0. The van der Waals surface area contributed by atoms with E-state index < -0.39 is 0 Å². The van der Waals surface area contributed by atoms with Crippen LogP contribution in [0, 0.1) is 12.8 Å². The lowest BCUT2D eigenvalue weighted by Gasteiger charge is -2.30. The molecule has 4 rings (SSSR count). The van der Waals surface area contributed by atoms with Gasteiger partial charge in [-0.2, -0.15) is 0 Å². The topological polar surface area (TPSA) is 46.0 Å². The summed E-state index contributed by atoms with van der Waals surface area (Å²) < 4.78 is 2.27. The smallest absolute Gasteiger partial charge is 0.170 e. The molecule has 0 aliphatic carbocycles. The molecule has 28 heavy (non-hydrogen) atoms. The average Bonchev–Trinajstić information content (AvgIpc) is 3.23. The van der Waals surface area contributed by atoms with E-state index in [1.807, 2.05) is 30.6 Å². The molecule has 5 nitrogen and oxygen atoms in total. The number of rotatable bonds is 5. The minimum Gasteiger partial charge on any atom is -0.352 e. The predicted molar refractivity (Wildman–Crippen MR) is 115 cm³/mol. The molecule has 3 aromatic rings. The highest BCUT2D eigenvalue weighted by Gasteiger charge is 2.41. The maximum absolute atomic E-state index is 5.75. The van der Waals surface area contributed by atoms with Crippen molar-refractivity contribution in [1.29, 1.82) is 0 Å². The van der Waals surface area contributed by atoms with E-state index in [2.05, 4.69) is 69.8 Å². The van der Waals surface area contributed by atoms with Gasteiger partial charge in [-0.25, -0.2) is 0 Å². The lowest BCUT2D eigenvalue weighted by atomic mass is 10.0. The van der Waals surface area contributed by atoms with Crippen LogP contribution in [0.3, 0.4) is 0 Å². The fraction of sp³-hybridized carbons (Fsp3) is 0.318. The van der Waals surface area contributed by atoms with Crippen LogP contribution in [0.4, 0.5) is 0 Å². The molecule has 6 heteroatoms. The lowest BCUT2D eigenvalue weighted by Crippen LogP contribution is -2.33. The van der Waals surface area contributed by atoms with Gasteiger partial charge in [0.25, 0.3) is 0 Å². The molecular formula is C22H25N5S. The number of hydrogen-bond donors (Lipinski definition) is 1. The minimum atomic E-state index is -0.00262. The van der Waals surface area contributed by atoms with E-state index in [0.29, 0.717) is 5.92 Å². The maximum Gasteiger partial charge on any atom is 0.170 e. The number of pyridine rings is 2. The number of hydrogen-bond acceptors (Lipinski definition) is 3. The van der Waals surface area contributed by atoms with E-state index in [-0.39, 0.29) is 12.1 Å². The molecule has 0 spiro atoms. The van der Waals surface area contributed by atoms with Gasteiger partial charge in [0, 0.05) is 30.3 Å². The largest absolute Gasteiger partial charge is 0.352 e. The molecule has 1 fully saturated rings. The van der Waals surface area contributed by atoms with Crippen molar-refractivity contribution >= 4 is 17.3 Å². The van der Waals surface area contributed by atoms with Crippen molar-refractivity contribution in [2.75, 3.05) is 6.54 Å². The molecule has 1 N–H and O–H groups in total. The van der Waals surface area contributed by atoms with Crippen molar-refractivity contribution in [3.05, 3.63) is 78.1 Å². The highest BCUT2D eigenvalue weighted by atomic mass is 32.1. The quantitative estimate of drug-likeness (QED) is 0.661. The monoisotopic (exact) mass is 391 g/mol. The molecule has 1 aliphatic rings. The second kappa shape index (κ2) is 7.72. The van der Waals surface area contributed by atoms with Gasteiger partial charge >= 0.3 is 0 Å². The van der Waals surface area contributed by atoms with Crippen LogP contribution in [-0.2, 0) is 0 Å². The van der Waals surface area contributed by atoms with E-state index in [1.54, 1.807) is 6.20 Å². The van der Waals surface area contributed by atoms with Crippen LogP contribution >= 0.6 is 12.2 Å². The first kappa shape index (κ1) is 18.6. The average molecular weight is 392 g/mol. The normalized spacial score (nSPS) is 19.3. The Morgan fingerprint density at radius 2 is 1.96 bits per heavy atom. The number of aryl methyl sites for hydroxylation is 1. The summed E-state index contributed by atoms with van der Waals surface area (Å²) in [5, 5.41) is 4.31. The summed E-state index contributed by atoms with van der Waals surface area (Å²) in [6, 6.07) is 14.5. The number of aromatic nitrogens is 3. The first-order chi connectivity index (χ1) is 13.6. The van der Waals surface area contributed by atoms with Gasteiger partial charge < -0.3 is 14.8 Å². The Balaban J connectivity index is 1.85. The molecule has 3 aromatic heterocycles. The van der Waals surface area contributed by atoms with E-state index in [9.17, 15) is 0 Å². The molecule has 0 amide bonds. The second-order valence-corrected chi connectivity index (χ2v) is 8.01. The van der Waals surface area contributed by atoms with Gasteiger partial charge in [0.2, 0.25) is 0 Å². The Labute approximate surface area is 171 Å². The maximum atomic E-state index is 5.75. The molecular weight excluding hydrogens is 366 g/mol. The Hall–Kier alpha value is -2.73. The number of nitrogens with zero attached hydrogens (tertiary/aromatic N) is 4. The SMILES string of the molecule is Cc1ccc(C2C(c3ccccn3)NC(=S)N2CC(C)C)n1-c1cccnc1. The Morgan fingerprint density at radius 3 is 2.64 bits per heavy atom. The third kappa shape index (κ3) is 3.40. The Kier molecular flexibility index (Phi) is 5.13. The highest BCUT2D eigenvalue weighted by Crippen LogP contribution is 2.40. The van der Waals surface area contributed by atoms with Crippen LogP contribution in [0.2, 0.25) is 0 Å². The van der Waals surface area contributed by atoms with Gasteiger partial charge in [-0.3, -0.25) is 9.97 Å². The van der Waals surface area contributed by atoms with Gasteiger partial charge in [0.05, 0.1) is 29.7 Å². The summed E-state index contributed by atoms with van der Waals surface area (Å²) in [4.78, 5) is 11.3. The number of thiocarbonyl (C=S) groups is 1. The van der Waals surface area contributed by atoms with Gasteiger partial charge in [-0.15, -0.1) is 0 Å². The van der Waals surface area contributed by atoms with Crippen LogP contribution in [0.15, 0.2) is 61.1 Å². The van der Waals surface area contributed by atoms with Gasteiger partial charge in [-0.1, -0.05) is 19.9 Å². The molecule has 0 bridgehead atoms. The molecule has 0 radical (unpaired) electrons. The van der Waals surface area contributed by atoms with Crippen molar-refractivity contribution < 1.29 is 0 Å². The van der Waals surface area contributed by atoms with Crippen LogP contribution in [-0.4, -0.2) is 31.1 Å². The fourth-order valence-electron chi connectivity index (χ4n) is 3.95. The zero-order valence-electron chi connectivity index (χ0n) is 16.4. The third-order valence-corrected chi connectivity index (χ3v) is 5.43. The zero-order chi connectivity index (χ0) is 19.7. The van der Waals surface area contributed by atoms with Gasteiger partial charge in [-0.05, 0) is 61.5 Å². The second-order valence-electron chi connectivity index (χ2n) is 7.62. The minimum absolute atomic E-state index is 0.00262. The van der Waals surface area contributed by atoms with Crippen molar-refractivity contribution in [3.63, 3.8) is 0 Å². The predicted octanol–water partition coefficient (Wildman–Crippen LogP) is 4.20. The molecule has 0 saturated carbocycles. The highest BCUT2D eigenvalue weighted by molar-refractivity contribution is 7.80. The summed E-state index contributed by atoms with van der Waals surface area (Å²) in [6.07, 6.45) is 5.55. The molecule has 0 aromatic carbocycles. The van der Waals surface area contributed by atoms with Crippen LogP contribution < -0.4 is 5.32 Å². The molecule has 1 saturated heterocycles. The van der Waals surface area contributed by atoms with Crippen LogP contribution in [0.25, 0.3) is 5.69 Å². The Bertz CT molecular complexity index is 952. The van der Waals surface area contributed by atoms with Crippen molar-refractivity contribution in [2.24, 2.45) is 5.92 Å². The van der Waals surface area contributed by atoms with Crippen LogP contribution in [0.5, 0.6) is 0 Å². The summed E-state index contributed by atoms with van der Waals surface area (Å²) in [7, 11) is 0. The summed E-state index contributed by atoms with van der Waals surface area (Å²) in [5.74, 6) is 0.493. The van der Waals surface area contributed by atoms with E-state index in [0.717, 1.165) is 23.0 Å². The van der Waals surface area contributed by atoms with Crippen molar-refractivity contribution in [3.8, 4) is 5.69 Å².